The van der Waals surface area contributed by atoms with Crippen molar-refractivity contribution < 1.29 is 4.79 Å². The molecule has 0 aliphatic heterocycles. The number of rotatable bonds is 4. The lowest BCUT2D eigenvalue weighted by atomic mass is 10.1. The summed E-state index contributed by atoms with van der Waals surface area (Å²) in [5.74, 6) is -0.0930. The van der Waals surface area contributed by atoms with Crippen LogP contribution in [0.2, 0.25) is 0 Å². The van der Waals surface area contributed by atoms with Gasteiger partial charge in [-0.2, -0.15) is 0 Å². The molecule has 1 amide bonds. The van der Waals surface area contributed by atoms with Crippen LogP contribution in [0.15, 0.2) is 12.1 Å². The van der Waals surface area contributed by atoms with Crippen LogP contribution in [-0.4, -0.2) is 12.5 Å². The zero-order valence-corrected chi connectivity index (χ0v) is 10.2. The molecule has 1 rings (SSSR count). The molecule has 3 nitrogen and oxygen atoms in total. The maximum atomic E-state index is 11.6. The highest BCUT2D eigenvalue weighted by atomic mass is 32.1. The van der Waals surface area contributed by atoms with E-state index < -0.39 is 0 Å². The summed E-state index contributed by atoms with van der Waals surface area (Å²) in [6.45, 7) is 6.28. The van der Waals surface area contributed by atoms with E-state index in [-0.39, 0.29) is 17.9 Å². The Bertz CT molecular complexity index is 335. The average molecular weight is 226 g/mol. The summed E-state index contributed by atoms with van der Waals surface area (Å²) >= 11 is 1.71. The van der Waals surface area contributed by atoms with Gasteiger partial charge in [0.25, 0.3) is 0 Å². The summed E-state index contributed by atoms with van der Waals surface area (Å²) in [6.07, 6.45) is 0. The van der Waals surface area contributed by atoms with Gasteiger partial charge in [0.2, 0.25) is 5.91 Å². The van der Waals surface area contributed by atoms with Crippen LogP contribution in [0.25, 0.3) is 0 Å². The Morgan fingerprint density at radius 1 is 1.53 bits per heavy atom. The van der Waals surface area contributed by atoms with Gasteiger partial charge in [0.1, 0.15) is 0 Å². The fourth-order valence-electron chi connectivity index (χ4n) is 1.22. The van der Waals surface area contributed by atoms with Gasteiger partial charge in [-0.1, -0.05) is 6.92 Å². The topological polar surface area (TPSA) is 55.1 Å². The van der Waals surface area contributed by atoms with E-state index in [1.54, 1.807) is 11.3 Å². The highest BCUT2D eigenvalue weighted by Gasteiger charge is 2.15. The molecule has 1 heterocycles. The zero-order chi connectivity index (χ0) is 11.4. The minimum atomic E-state index is -0.117. The van der Waals surface area contributed by atoms with Crippen molar-refractivity contribution in [3.63, 3.8) is 0 Å². The number of nitrogens with two attached hydrogens (primary N) is 1. The van der Waals surface area contributed by atoms with Crippen LogP contribution < -0.4 is 11.1 Å². The maximum absolute atomic E-state index is 11.6. The van der Waals surface area contributed by atoms with Gasteiger partial charge >= 0.3 is 0 Å². The molecular weight excluding hydrogens is 208 g/mol. The monoisotopic (exact) mass is 226 g/mol. The molecule has 2 atom stereocenters. The molecule has 1 aromatic heterocycles. The first kappa shape index (κ1) is 12.2. The molecule has 2 unspecified atom stereocenters. The first-order valence-corrected chi connectivity index (χ1v) is 5.93. The van der Waals surface area contributed by atoms with Gasteiger partial charge in [0, 0.05) is 22.2 Å². The summed E-state index contributed by atoms with van der Waals surface area (Å²) in [7, 11) is 0. The summed E-state index contributed by atoms with van der Waals surface area (Å²) in [5.41, 5.74) is 5.43. The molecular formula is C11H18N2OS. The summed E-state index contributed by atoms with van der Waals surface area (Å²) in [4.78, 5) is 14.0. The number of thiophene rings is 1. The molecule has 4 heteroatoms. The second-order valence-electron chi connectivity index (χ2n) is 3.82. The molecule has 15 heavy (non-hydrogen) atoms. The van der Waals surface area contributed by atoms with Crippen molar-refractivity contribution in [1.29, 1.82) is 0 Å². The summed E-state index contributed by atoms with van der Waals surface area (Å²) < 4.78 is 0. The van der Waals surface area contributed by atoms with Crippen LogP contribution in [-0.2, 0) is 4.79 Å². The van der Waals surface area contributed by atoms with E-state index in [9.17, 15) is 4.79 Å². The third kappa shape index (κ3) is 3.32. The van der Waals surface area contributed by atoms with Crippen molar-refractivity contribution in [3.8, 4) is 0 Å². The fourth-order valence-corrected chi connectivity index (χ4v) is 2.10. The Kier molecular flexibility index (Phi) is 4.29. The number of hydrogen-bond acceptors (Lipinski definition) is 3. The number of aryl methyl sites for hydroxylation is 1. The Hall–Kier alpha value is -0.870. The van der Waals surface area contributed by atoms with Crippen LogP contribution in [0.1, 0.15) is 29.6 Å². The molecule has 0 aliphatic rings. The predicted molar refractivity (Wildman–Crippen MR) is 63.8 cm³/mol. The predicted octanol–water partition coefficient (Wildman–Crippen LogP) is 1.83. The second kappa shape index (κ2) is 5.28. The Morgan fingerprint density at radius 2 is 2.20 bits per heavy atom. The van der Waals surface area contributed by atoms with E-state index in [1.165, 1.54) is 9.75 Å². The number of amides is 1. The van der Waals surface area contributed by atoms with Crippen LogP contribution in [0, 0.1) is 12.8 Å². The van der Waals surface area contributed by atoms with E-state index >= 15 is 0 Å². The maximum Gasteiger partial charge on any atom is 0.224 e. The van der Waals surface area contributed by atoms with Crippen molar-refractivity contribution in [3.05, 3.63) is 21.9 Å². The number of nitrogens with one attached hydrogen (secondary N) is 1. The quantitative estimate of drug-likeness (QED) is 0.823. The number of hydrogen-bond donors (Lipinski definition) is 2. The van der Waals surface area contributed by atoms with E-state index in [1.807, 2.05) is 13.8 Å². The Labute approximate surface area is 94.7 Å². The summed E-state index contributed by atoms with van der Waals surface area (Å²) in [6, 6.07) is 4.19. The Balaban J connectivity index is 2.56. The van der Waals surface area contributed by atoms with Crippen LogP contribution in [0.3, 0.4) is 0 Å². The SMILES string of the molecule is Cc1ccc(C(C)NC(=O)C(C)CN)s1. The molecule has 0 saturated heterocycles. The van der Waals surface area contributed by atoms with Crippen molar-refractivity contribution in [2.75, 3.05) is 6.54 Å². The fraction of sp³-hybridized carbons (Fsp3) is 0.545. The first-order valence-electron chi connectivity index (χ1n) is 5.11. The zero-order valence-electron chi connectivity index (χ0n) is 9.41. The Morgan fingerprint density at radius 3 is 2.67 bits per heavy atom. The molecule has 0 aliphatic carbocycles. The van der Waals surface area contributed by atoms with Crippen molar-refractivity contribution in [2.24, 2.45) is 11.7 Å². The lowest BCUT2D eigenvalue weighted by molar-refractivity contribution is -0.124. The third-order valence-corrected chi connectivity index (χ3v) is 3.53. The van der Waals surface area contributed by atoms with Crippen LogP contribution in [0.5, 0.6) is 0 Å². The van der Waals surface area contributed by atoms with E-state index in [4.69, 9.17) is 5.73 Å². The number of carbonyl (C=O) groups is 1. The molecule has 0 fully saturated rings. The minimum absolute atomic E-state index is 0.0241. The van der Waals surface area contributed by atoms with Gasteiger partial charge in [-0.05, 0) is 26.0 Å². The van der Waals surface area contributed by atoms with E-state index in [2.05, 4.69) is 24.4 Å². The molecule has 3 N–H and O–H groups in total. The summed E-state index contributed by atoms with van der Waals surface area (Å²) in [5, 5.41) is 2.95. The number of carbonyl (C=O) groups excluding carboxylic acids is 1. The van der Waals surface area contributed by atoms with E-state index in [0.717, 1.165) is 0 Å². The molecule has 0 spiro atoms. The van der Waals surface area contributed by atoms with Gasteiger partial charge in [-0.3, -0.25) is 4.79 Å². The molecule has 0 aromatic carbocycles. The van der Waals surface area contributed by atoms with Crippen LogP contribution >= 0.6 is 11.3 Å². The lowest BCUT2D eigenvalue weighted by Crippen LogP contribution is -2.34. The van der Waals surface area contributed by atoms with Gasteiger partial charge in [-0.25, -0.2) is 0 Å². The molecule has 0 saturated carbocycles. The standard InChI is InChI=1S/C11H18N2OS/c1-7(6-12)11(14)13-9(3)10-5-4-8(2)15-10/h4-5,7,9H,6,12H2,1-3H3,(H,13,14). The second-order valence-corrected chi connectivity index (χ2v) is 5.13. The van der Waals surface area contributed by atoms with Gasteiger partial charge < -0.3 is 11.1 Å². The van der Waals surface area contributed by atoms with Crippen molar-refractivity contribution in [1.82, 2.24) is 5.32 Å². The average Bonchev–Trinajstić information content (AvgIpc) is 2.63. The van der Waals surface area contributed by atoms with Gasteiger partial charge in [-0.15, -0.1) is 11.3 Å². The minimum Gasteiger partial charge on any atom is -0.348 e. The van der Waals surface area contributed by atoms with Crippen LogP contribution in [0.4, 0.5) is 0 Å². The largest absolute Gasteiger partial charge is 0.348 e. The smallest absolute Gasteiger partial charge is 0.224 e. The first-order chi connectivity index (χ1) is 7.04. The normalized spacial score (nSPS) is 14.7. The highest BCUT2D eigenvalue weighted by molar-refractivity contribution is 7.12. The van der Waals surface area contributed by atoms with Gasteiger partial charge in [0.05, 0.1) is 6.04 Å². The third-order valence-electron chi connectivity index (χ3n) is 2.35. The molecule has 84 valence electrons. The lowest BCUT2D eigenvalue weighted by Gasteiger charge is -2.15. The van der Waals surface area contributed by atoms with E-state index in [0.29, 0.717) is 6.54 Å². The highest BCUT2D eigenvalue weighted by Crippen LogP contribution is 2.22. The molecule has 0 radical (unpaired) electrons. The van der Waals surface area contributed by atoms with Gasteiger partial charge in [0.15, 0.2) is 0 Å². The van der Waals surface area contributed by atoms with Crippen molar-refractivity contribution in [2.45, 2.75) is 26.8 Å². The van der Waals surface area contributed by atoms with Crippen molar-refractivity contribution >= 4 is 17.2 Å². The molecule has 1 aromatic rings. The molecule has 0 bridgehead atoms.